The minimum Gasteiger partial charge on any atom is -0.506 e. The van der Waals surface area contributed by atoms with Crippen molar-refractivity contribution in [3.63, 3.8) is 0 Å². The van der Waals surface area contributed by atoms with Crippen molar-refractivity contribution in [3.8, 4) is 5.75 Å². The van der Waals surface area contributed by atoms with E-state index in [-0.39, 0.29) is 6.04 Å². The average Bonchev–Trinajstić information content (AvgIpc) is 2.98. The maximum absolute atomic E-state index is 15.0. The Bertz CT molecular complexity index is 843. The lowest BCUT2D eigenvalue weighted by Gasteiger charge is -2.23. The second-order valence-corrected chi connectivity index (χ2v) is 8.88. The molecular formula is C16H23FN4O4S. The Morgan fingerprint density at radius 3 is 2.73 bits per heavy atom. The van der Waals surface area contributed by atoms with Crippen LogP contribution < -0.4 is 14.3 Å². The van der Waals surface area contributed by atoms with Crippen LogP contribution >= 0.6 is 0 Å². The van der Waals surface area contributed by atoms with E-state index in [2.05, 4.69) is 24.1 Å². The van der Waals surface area contributed by atoms with Gasteiger partial charge >= 0.3 is 10.2 Å². The quantitative estimate of drug-likeness (QED) is 0.686. The molecule has 0 radical (unpaired) electrons. The van der Waals surface area contributed by atoms with Gasteiger partial charge in [0.05, 0.1) is 0 Å². The van der Waals surface area contributed by atoms with Crippen molar-refractivity contribution in [1.29, 1.82) is 0 Å². The standard InChI is InChI=1S/C16H23FN4O4S/c1-9(2)6-20(3)7-10-4-11-12(18-10)5-13(22)16(15(11)17)21-8-14(23)19-26(21,24)25/h5,9-10,18,22H,4,6-8H2,1-3H3,(H,19,23)/t10-/m1/s1. The maximum Gasteiger partial charge on any atom is 0.326 e. The predicted molar refractivity (Wildman–Crippen MR) is 95.9 cm³/mol. The van der Waals surface area contributed by atoms with Crippen LogP contribution in [0.5, 0.6) is 5.75 Å². The molecule has 1 aromatic rings. The molecule has 1 saturated heterocycles. The van der Waals surface area contributed by atoms with E-state index in [0.717, 1.165) is 6.54 Å². The molecular weight excluding hydrogens is 363 g/mol. The summed E-state index contributed by atoms with van der Waals surface area (Å²) in [5, 5.41) is 13.4. The van der Waals surface area contributed by atoms with Crippen molar-refractivity contribution in [3.05, 3.63) is 17.4 Å². The highest BCUT2D eigenvalue weighted by molar-refractivity contribution is 7.92. The summed E-state index contributed by atoms with van der Waals surface area (Å²) in [4.78, 5) is 13.5. The molecule has 1 amide bonds. The SMILES string of the molecule is CC(C)CN(C)C[C@H]1Cc2c(cc(O)c(N3CC(=O)NS3(=O)=O)c2F)N1. The van der Waals surface area contributed by atoms with Gasteiger partial charge in [0.1, 0.15) is 18.0 Å². The second-order valence-electron chi connectivity index (χ2n) is 7.28. The highest BCUT2D eigenvalue weighted by Crippen LogP contribution is 2.42. The van der Waals surface area contributed by atoms with Gasteiger partial charge in [-0.15, -0.1) is 0 Å². The zero-order valence-corrected chi connectivity index (χ0v) is 15.7. The number of aromatic hydroxyl groups is 1. The molecule has 144 valence electrons. The number of carbonyl (C=O) groups is 1. The summed E-state index contributed by atoms with van der Waals surface area (Å²) in [6.07, 6.45) is 0.367. The molecule has 0 unspecified atom stereocenters. The first-order valence-corrected chi connectivity index (χ1v) is 9.85. The molecule has 0 aromatic heterocycles. The number of nitrogens with one attached hydrogen (secondary N) is 2. The van der Waals surface area contributed by atoms with Crippen LogP contribution in [0.4, 0.5) is 15.8 Å². The van der Waals surface area contributed by atoms with Gasteiger partial charge in [-0.05, 0) is 19.4 Å². The Hall–Kier alpha value is -2.07. The van der Waals surface area contributed by atoms with Crippen molar-refractivity contribution in [2.45, 2.75) is 26.3 Å². The first kappa shape index (κ1) is 18.7. The van der Waals surface area contributed by atoms with E-state index in [4.69, 9.17) is 0 Å². The third-order valence-corrected chi connectivity index (χ3v) is 5.79. The molecule has 1 fully saturated rings. The van der Waals surface area contributed by atoms with E-state index in [1.807, 2.05) is 7.05 Å². The lowest BCUT2D eigenvalue weighted by Crippen LogP contribution is -2.35. The van der Waals surface area contributed by atoms with Crippen LogP contribution in [0.3, 0.4) is 0 Å². The lowest BCUT2D eigenvalue weighted by molar-refractivity contribution is -0.117. The van der Waals surface area contributed by atoms with Crippen LogP contribution in [0.1, 0.15) is 19.4 Å². The number of phenols is 1. The number of carbonyl (C=O) groups excluding carboxylic acids is 1. The number of anilines is 2. The Balaban J connectivity index is 1.87. The van der Waals surface area contributed by atoms with Crippen molar-refractivity contribution >= 4 is 27.5 Å². The molecule has 26 heavy (non-hydrogen) atoms. The van der Waals surface area contributed by atoms with Crippen LogP contribution in [-0.4, -0.2) is 57.1 Å². The summed E-state index contributed by atoms with van der Waals surface area (Å²) in [6.45, 7) is 5.25. The molecule has 0 saturated carbocycles. The molecule has 3 N–H and O–H groups in total. The second kappa shape index (κ2) is 6.58. The molecule has 2 aliphatic rings. The number of amides is 1. The fourth-order valence-corrected chi connectivity index (χ4v) is 4.74. The number of hydrogen-bond donors (Lipinski definition) is 3. The van der Waals surface area contributed by atoms with Crippen LogP contribution in [0.25, 0.3) is 0 Å². The minimum atomic E-state index is -4.19. The van der Waals surface area contributed by atoms with Gasteiger partial charge in [0.2, 0.25) is 0 Å². The summed E-state index contributed by atoms with van der Waals surface area (Å²) in [7, 11) is -2.21. The molecule has 0 aliphatic carbocycles. The highest BCUT2D eigenvalue weighted by Gasteiger charge is 2.39. The summed E-state index contributed by atoms with van der Waals surface area (Å²) in [5.74, 6) is -1.61. The largest absolute Gasteiger partial charge is 0.506 e. The highest BCUT2D eigenvalue weighted by atomic mass is 32.2. The van der Waals surface area contributed by atoms with Crippen LogP contribution in [0.15, 0.2) is 6.07 Å². The fourth-order valence-electron chi connectivity index (χ4n) is 3.58. The van der Waals surface area contributed by atoms with Crippen molar-refractivity contribution in [2.24, 2.45) is 5.92 Å². The Morgan fingerprint density at radius 1 is 1.46 bits per heavy atom. The van der Waals surface area contributed by atoms with Gasteiger partial charge < -0.3 is 15.3 Å². The number of fused-ring (bicyclic) bond motifs is 1. The predicted octanol–water partition coefficient (Wildman–Crippen LogP) is 0.637. The van der Waals surface area contributed by atoms with Gasteiger partial charge in [-0.3, -0.25) is 4.79 Å². The monoisotopic (exact) mass is 386 g/mol. The Kier molecular flexibility index (Phi) is 4.74. The van der Waals surface area contributed by atoms with Crippen LogP contribution in [0, 0.1) is 11.7 Å². The average molecular weight is 386 g/mol. The number of rotatable bonds is 5. The summed E-state index contributed by atoms with van der Waals surface area (Å²) in [6, 6.07) is 1.27. The number of benzene rings is 1. The summed E-state index contributed by atoms with van der Waals surface area (Å²) >= 11 is 0. The fraction of sp³-hybridized carbons (Fsp3) is 0.562. The third kappa shape index (κ3) is 3.43. The third-order valence-electron chi connectivity index (χ3n) is 4.41. The van der Waals surface area contributed by atoms with E-state index >= 15 is 4.39 Å². The van der Waals surface area contributed by atoms with E-state index in [0.29, 0.717) is 34.4 Å². The number of halogens is 1. The van der Waals surface area contributed by atoms with E-state index in [9.17, 15) is 18.3 Å². The molecule has 1 atom stereocenters. The van der Waals surface area contributed by atoms with Gasteiger partial charge in [-0.25, -0.2) is 13.4 Å². The molecule has 1 aromatic carbocycles. The van der Waals surface area contributed by atoms with Crippen LogP contribution in [0.2, 0.25) is 0 Å². The van der Waals surface area contributed by atoms with Crippen molar-refractivity contribution in [2.75, 3.05) is 36.3 Å². The Morgan fingerprint density at radius 2 is 2.15 bits per heavy atom. The van der Waals surface area contributed by atoms with Crippen molar-refractivity contribution in [1.82, 2.24) is 9.62 Å². The number of likely N-dealkylation sites (N-methyl/N-ethyl adjacent to an activating group) is 1. The number of nitrogens with zero attached hydrogens (tertiary/aromatic N) is 2. The molecule has 0 spiro atoms. The van der Waals surface area contributed by atoms with Crippen LogP contribution in [-0.2, 0) is 21.4 Å². The first-order chi connectivity index (χ1) is 12.1. The smallest absolute Gasteiger partial charge is 0.326 e. The van der Waals surface area contributed by atoms with Gasteiger partial charge in [-0.1, -0.05) is 13.8 Å². The lowest BCUT2D eigenvalue weighted by atomic mass is 10.1. The first-order valence-electron chi connectivity index (χ1n) is 8.41. The minimum absolute atomic E-state index is 0.0483. The summed E-state index contributed by atoms with van der Waals surface area (Å²) in [5.41, 5.74) is 0.276. The topological polar surface area (TPSA) is 102 Å². The molecule has 2 aliphatic heterocycles. The Labute approximate surface area is 152 Å². The van der Waals surface area contributed by atoms with E-state index in [1.165, 1.54) is 6.07 Å². The van der Waals surface area contributed by atoms with Gasteiger partial charge in [0.15, 0.2) is 5.82 Å². The van der Waals surface area contributed by atoms with E-state index in [1.54, 1.807) is 4.72 Å². The molecule has 3 rings (SSSR count). The molecule has 2 heterocycles. The molecule has 8 nitrogen and oxygen atoms in total. The van der Waals surface area contributed by atoms with E-state index < -0.39 is 39.9 Å². The zero-order chi connectivity index (χ0) is 19.2. The normalized spacial score (nSPS) is 21.2. The molecule has 0 bridgehead atoms. The van der Waals surface area contributed by atoms with Gasteiger partial charge in [0, 0.05) is 36.4 Å². The maximum atomic E-state index is 15.0. The van der Waals surface area contributed by atoms with Crippen molar-refractivity contribution < 1.29 is 22.7 Å². The molecule has 10 heteroatoms. The zero-order valence-electron chi connectivity index (χ0n) is 14.9. The number of hydrogen-bond acceptors (Lipinski definition) is 6. The van der Waals surface area contributed by atoms with Gasteiger partial charge in [-0.2, -0.15) is 8.42 Å². The number of phenolic OH excluding ortho intramolecular Hbond substituents is 1. The summed E-state index contributed by atoms with van der Waals surface area (Å²) < 4.78 is 41.3. The van der Waals surface area contributed by atoms with Gasteiger partial charge in [0.25, 0.3) is 5.91 Å².